The Hall–Kier alpha value is -2.51. The standard InChI is InChI=1S/C17H10FNO3S2/c18-13-4-2-1-3-11(13)9-14-15(20)19(17(23)24-14)12-7-5-10(6-8-12)16(21)22/h1-9H,(H,21,22)/b14-9-. The number of anilines is 1. The first-order valence-electron chi connectivity index (χ1n) is 6.83. The van der Waals surface area contributed by atoms with Crippen LogP contribution in [0.1, 0.15) is 15.9 Å². The normalized spacial score (nSPS) is 16.0. The summed E-state index contributed by atoms with van der Waals surface area (Å²) in [5.74, 6) is -1.84. The van der Waals surface area contributed by atoms with Gasteiger partial charge in [0.1, 0.15) is 5.82 Å². The van der Waals surface area contributed by atoms with E-state index in [9.17, 15) is 14.0 Å². The molecule has 0 radical (unpaired) electrons. The number of hydrogen-bond acceptors (Lipinski definition) is 4. The molecule has 24 heavy (non-hydrogen) atoms. The number of benzene rings is 2. The van der Waals surface area contributed by atoms with Gasteiger partial charge in [-0.25, -0.2) is 9.18 Å². The Bertz CT molecular complexity index is 878. The van der Waals surface area contributed by atoms with Crippen molar-refractivity contribution < 1.29 is 19.1 Å². The highest BCUT2D eigenvalue weighted by atomic mass is 32.2. The monoisotopic (exact) mass is 359 g/mol. The molecular formula is C17H10FNO3S2. The summed E-state index contributed by atoms with van der Waals surface area (Å²) in [5.41, 5.74) is 0.893. The molecule has 1 aliphatic heterocycles. The van der Waals surface area contributed by atoms with Crippen molar-refractivity contribution >= 4 is 51.9 Å². The average Bonchev–Trinajstić information content (AvgIpc) is 2.84. The molecule has 3 rings (SSSR count). The summed E-state index contributed by atoms with van der Waals surface area (Å²) in [4.78, 5) is 25.1. The maximum atomic E-state index is 13.7. The van der Waals surface area contributed by atoms with Gasteiger partial charge in [-0.2, -0.15) is 0 Å². The van der Waals surface area contributed by atoms with Crippen molar-refractivity contribution in [2.24, 2.45) is 0 Å². The van der Waals surface area contributed by atoms with Crippen molar-refractivity contribution in [3.8, 4) is 0 Å². The minimum atomic E-state index is -1.05. The number of nitrogens with zero attached hydrogens (tertiary/aromatic N) is 1. The summed E-state index contributed by atoms with van der Waals surface area (Å²) in [6, 6.07) is 12.0. The number of carboxylic acids is 1. The third-order valence-electron chi connectivity index (χ3n) is 3.36. The Morgan fingerprint density at radius 2 is 1.83 bits per heavy atom. The molecule has 2 aromatic carbocycles. The molecule has 1 N–H and O–H groups in total. The largest absolute Gasteiger partial charge is 0.478 e. The summed E-state index contributed by atoms with van der Waals surface area (Å²) in [7, 11) is 0. The van der Waals surface area contributed by atoms with Crippen LogP contribution in [0.2, 0.25) is 0 Å². The van der Waals surface area contributed by atoms with Crippen molar-refractivity contribution in [3.63, 3.8) is 0 Å². The Morgan fingerprint density at radius 1 is 1.17 bits per heavy atom. The lowest BCUT2D eigenvalue weighted by atomic mass is 10.2. The predicted octanol–water partition coefficient (Wildman–Crippen LogP) is 3.93. The number of carboxylic acid groups (broad SMARTS) is 1. The van der Waals surface area contributed by atoms with Crippen LogP contribution < -0.4 is 4.90 Å². The number of aromatic carboxylic acids is 1. The molecule has 0 aliphatic carbocycles. The fourth-order valence-electron chi connectivity index (χ4n) is 2.18. The highest BCUT2D eigenvalue weighted by Gasteiger charge is 2.33. The van der Waals surface area contributed by atoms with E-state index in [1.54, 1.807) is 18.2 Å². The fourth-order valence-corrected chi connectivity index (χ4v) is 3.47. The molecule has 1 amide bonds. The number of rotatable bonds is 3. The lowest BCUT2D eigenvalue weighted by Crippen LogP contribution is -2.27. The third-order valence-corrected chi connectivity index (χ3v) is 4.66. The van der Waals surface area contributed by atoms with Crippen molar-refractivity contribution in [3.05, 3.63) is 70.4 Å². The molecule has 1 heterocycles. The second kappa shape index (κ2) is 6.54. The summed E-state index contributed by atoms with van der Waals surface area (Å²) in [5, 5.41) is 8.92. The molecule has 2 aromatic rings. The van der Waals surface area contributed by atoms with Gasteiger partial charge >= 0.3 is 5.97 Å². The van der Waals surface area contributed by atoms with Crippen LogP contribution in [0.25, 0.3) is 6.08 Å². The van der Waals surface area contributed by atoms with Gasteiger partial charge in [-0.3, -0.25) is 9.69 Å². The Balaban J connectivity index is 1.92. The topological polar surface area (TPSA) is 57.6 Å². The van der Waals surface area contributed by atoms with Crippen LogP contribution in [0.15, 0.2) is 53.4 Å². The SMILES string of the molecule is O=C(O)c1ccc(N2C(=O)/C(=C/c3ccccc3F)SC2=S)cc1. The first kappa shape index (κ1) is 16.4. The lowest BCUT2D eigenvalue weighted by molar-refractivity contribution is -0.113. The summed E-state index contributed by atoms with van der Waals surface area (Å²) < 4.78 is 14.1. The number of thioether (sulfide) groups is 1. The molecule has 120 valence electrons. The quantitative estimate of drug-likeness (QED) is 0.665. The molecule has 0 bridgehead atoms. The molecule has 0 saturated carbocycles. The smallest absolute Gasteiger partial charge is 0.335 e. The number of thiocarbonyl (C=S) groups is 1. The Labute approximate surface area is 146 Å². The predicted molar refractivity (Wildman–Crippen MR) is 95.5 cm³/mol. The van der Waals surface area contributed by atoms with Crippen molar-refractivity contribution in [2.75, 3.05) is 4.90 Å². The second-order valence-corrected chi connectivity index (χ2v) is 6.57. The molecule has 0 spiro atoms. The minimum Gasteiger partial charge on any atom is -0.478 e. The highest BCUT2D eigenvalue weighted by Crippen LogP contribution is 2.36. The van der Waals surface area contributed by atoms with Crippen LogP contribution in [0.5, 0.6) is 0 Å². The molecule has 1 fully saturated rings. The summed E-state index contributed by atoms with van der Waals surface area (Å²) in [6.45, 7) is 0. The number of carbonyl (C=O) groups is 2. The molecule has 1 aliphatic rings. The van der Waals surface area contributed by atoms with E-state index in [0.717, 1.165) is 11.8 Å². The van der Waals surface area contributed by atoms with Crippen LogP contribution in [-0.4, -0.2) is 21.3 Å². The third kappa shape index (κ3) is 3.08. The van der Waals surface area contributed by atoms with E-state index in [1.165, 1.54) is 41.3 Å². The zero-order valence-electron chi connectivity index (χ0n) is 12.1. The van der Waals surface area contributed by atoms with Gasteiger partial charge < -0.3 is 5.11 Å². The van der Waals surface area contributed by atoms with Gasteiger partial charge in [-0.05, 0) is 36.4 Å². The maximum absolute atomic E-state index is 13.7. The van der Waals surface area contributed by atoms with Crippen molar-refractivity contribution in [2.45, 2.75) is 0 Å². The second-order valence-electron chi connectivity index (χ2n) is 4.89. The van der Waals surface area contributed by atoms with Crippen LogP contribution in [0.4, 0.5) is 10.1 Å². The van der Waals surface area contributed by atoms with Crippen LogP contribution in [-0.2, 0) is 4.79 Å². The van der Waals surface area contributed by atoms with E-state index >= 15 is 0 Å². The molecule has 0 aromatic heterocycles. The van der Waals surface area contributed by atoms with Crippen molar-refractivity contribution in [1.29, 1.82) is 0 Å². The van der Waals surface area contributed by atoms with Gasteiger partial charge in [0.2, 0.25) is 0 Å². The first-order valence-corrected chi connectivity index (χ1v) is 8.05. The van der Waals surface area contributed by atoms with Crippen LogP contribution >= 0.6 is 24.0 Å². The molecule has 0 unspecified atom stereocenters. The maximum Gasteiger partial charge on any atom is 0.335 e. The van der Waals surface area contributed by atoms with Crippen molar-refractivity contribution in [1.82, 2.24) is 0 Å². The van der Waals surface area contributed by atoms with E-state index in [-0.39, 0.29) is 11.5 Å². The Kier molecular flexibility index (Phi) is 4.46. The molecule has 0 atom stereocenters. The van der Waals surface area contributed by atoms with Gasteiger partial charge in [0.05, 0.1) is 16.2 Å². The van der Waals surface area contributed by atoms with E-state index in [0.29, 0.717) is 20.5 Å². The van der Waals surface area contributed by atoms with Gasteiger partial charge in [-0.15, -0.1) is 0 Å². The summed E-state index contributed by atoms with van der Waals surface area (Å²) >= 11 is 6.30. The number of hydrogen-bond donors (Lipinski definition) is 1. The van der Waals surface area contributed by atoms with E-state index < -0.39 is 11.8 Å². The van der Waals surface area contributed by atoms with Gasteiger partial charge in [-0.1, -0.05) is 42.2 Å². The van der Waals surface area contributed by atoms with Gasteiger partial charge in [0.15, 0.2) is 4.32 Å². The minimum absolute atomic E-state index is 0.117. The lowest BCUT2D eigenvalue weighted by Gasteiger charge is -2.14. The first-order chi connectivity index (χ1) is 11.5. The zero-order chi connectivity index (χ0) is 17.3. The zero-order valence-corrected chi connectivity index (χ0v) is 13.7. The van der Waals surface area contributed by atoms with E-state index in [4.69, 9.17) is 17.3 Å². The molecule has 1 saturated heterocycles. The summed E-state index contributed by atoms with van der Waals surface area (Å²) in [6.07, 6.45) is 1.46. The highest BCUT2D eigenvalue weighted by molar-refractivity contribution is 8.27. The van der Waals surface area contributed by atoms with Crippen LogP contribution in [0.3, 0.4) is 0 Å². The number of halogens is 1. The molecule has 4 nitrogen and oxygen atoms in total. The van der Waals surface area contributed by atoms with Gasteiger partial charge in [0.25, 0.3) is 5.91 Å². The molecule has 7 heteroatoms. The molecular weight excluding hydrogens is 349 g/mol. The number of amides is 1. The van der Waals surface area contributed by atoms with Gasteiger partial charge in [0, 0.05) is 5.56 Å². The number of carbonyl (C=O) groups excluding carboxylic acids is 1. The Morgan fingerprint density at radius 3 is 2.46 bits per heavy atom. The van der Waals surface area contributed by atoms with Crippen LogP contribution in [0, 0.1) is 5.82 Å². The fraction of sp³-hybridized carbons (Fsp3) is 0. The average molecular weight is 359 g/mol. The van der Waals surface area contributed by atoms with E-state index in [2.05, 4.69) is 0 Å². The van der Waals surface area contributed by atoms with E-state index in [1.807, 2.05) is 0 Å².